The molecular formula is C20H16N6O2S2. The van der Waals surface area contributed by atoms with Crippen molar-refractivity contribution in [2.75, 3.05) is 11.9 Å². The lowest BCUT2D eigenvalue weighted by atomic mass is 10.1. The molecule has 0 bridgehead atoms. The van der Waals surface area contributed by atoms with Gasteiger partial charge in [-0.1, -0.05) is 0 Å². The predicted molar refractivity (Wildman–Crippen MR) is 115 cm³/mol. The Hall–Kier alpha value is -3.24. The number of hydrogen-bond donors (Lipinski definition) is 1. The van der Waals surface area contributed by atoms with E-state index in [-0.39, 0.29) is 17.9 Å². The van der Waals surface area contributed by atoms with E-state index in [1.165, 1.54) is 11.3 Å². The molecule has 1 atom stereocenters. The molecule has 0 radical (unpaired) electrons. The van der Waals surface area contributed by atoms with Crippen molar-refractivity contribution >= 4 is 51.0 Å². The second-order valence-corrected chi connectivity index (χ2v) is 8.31. The molecule has 1 N–H and O–H groups in total. The molecule has 8 nitrogen and oxygen atoms in total. The van der Waals surface area contributed by atoms with Crippen LogP contribution in [0.2, 0.25) is 0 Å². The summed E-state index contributed by atoms with van der Waals surface area (Å²) in [6.45, 7) is 0.671. The minimum Gasteiger partial charge on any atom is -0.330 e. The summed E-state index contributed by atoms with van der Waals surface area (Å²) in [4.78, 5) is 35.8. The first-order chi connectivity index (χ1) is 14.7. The first-order valence-electron chi connectivity index (χ1n) is 9.39. The van der Waals surface area contributed by atoms with Gasteiger partial charge in [-0.2, -0.15) is 8.75 Å². The summed E-state index contributed by atoms with van der Waals surface area (Å²) in [6, 6.07) is 8.85. The van der Waals surface area contributed by atoms with Crippen LogP contribution in [0.4, 0.5) is 5.13 Å². The van der Waals surface area contributed by atoms with Gasteiger partial charge in [0.15, 0.2) is 5.13 Å². The van der Waals surface area contributed by atoms with Gasteiger partial charge in [-0.15, -0.1) is 11.3 Å². The Kier molecular flexibility index (Phi) is 4.93. The lowest BCUT2D eigenvalue weighted by molar-refractivity contribution is 0.0732. The van der Waals surface area contributed by atoms with E-state index in [4.69, 9.17) is 0 Å². The maximum atomic E-state index is 13.1. The van der Waals surface area contributed by atoms with Gasteiger partial charge < -0.3 is 4.90 Å². The van der Waals surface area contributed by atoms with Crippen molar-refractivity contribution < 1.29 is 9.59 Å². The average Bonchev–Trinajstić information content (AvgIpc) is 3.54. The lowest BCUT2D eigenvalue weighted by Crippen LogP contribution is -2.31. The summed E-state index contributed by atoms with van der Waals surface area (Å²) in [6.07, 6.45) is 4.93. The number of carbonyl (C=O) groups is 2. The first-order valence-corrected chi connectivity index (χ1v) is 11.0. The summed E-state index contributed by atoms with van der Waals surface area (Å²) in [5.74, 6) is -0.298. The Morgan fingerprint density at radius 2 is 1.93 bits per heavy atom. The third kappa shape index (κ3) is 3.55. The standard InChI is InChI=1S/C20H16N6O2S2/c27-18(23-20-21-7-9-29-20)13-4-6-15(22-11-13)17-2-1-8-26(17)19(28)12-3-5-14-16(10-12)25-30-24-14/h3-7,9-11,17H,1-2,8H2,(H,21,23,27). The van der Waals surface area contributed by atoms with Gasteiger partial charge in [0, 0.05) is 29.9 Å². The molecule has 10 heteroatoms. The van der Waals surface area contributed by atoms with Crippen molar-refractivity contribution in [3.63, 3.8) is 0 Å². The fraction of sp³-hybridized carbons (Fsp3) is 0.200. The molecular weight excluding hydrogens is 420 g/mol. The van der Waals surface area contributed by atoms with Gasteiger partial charge in [0.2, 0.25) is 0 Å². The number of likely N-dealkylation sites (tertiary alicyclic amines) is 1. The number of hydrogen-bond acceptors (Lipinski definition) is 8. The van der Waals surface area contributed by atoms with Crippen LogP contribution in [0.3, 0.4) is 0 Å². The number of fused-ring (bicyclic) bond motifs is 1. The Morgan fingerprint density at radius 3 is 2.73 bits per heavy atom. The number of rotatable bonds is 4. The summed E-state index contributed by atoms with van der Waals surface area (Å²) < 4.78 is 8.41. The normalized spacial score (nSPS) is 16.1. The van der Waals surface area contributed by atoms with Crippen LogP contribution in [0.5, 0.6) is 0 Å². The Bertz CT molecular complexity index is 1210. The van der Waals surface area contributed by atoms with E-state index < -0.39 is 0 Å². The molecule has 30 heavy (non-hydrogen) atoms. The molecule has 1 saturated heterocycles. The molecule has 150 valence electrons. The number of aromatic nitrogens is 4. The van der Waals surface area contributed by atoms with E-state index in [1.807, 2.05) is 17.0 Å². The number of anilines is 1. The molecule has 5 rings (SSSR count). The smallest absolute Gasteiger partial charge is 0.259 e. The molecule has 0 saturated carbocycles. The monoisotopic (exact) mass is 436 g/mol. The highest BCUT2D eigenvalue weighted by Gasteiger charge is 2.31. The van der Waals surface area contributed by atoms with Crippen LogP contribution in [0.15, 0.2) is 48.1 Å². The van der Waals surface area contributed by atoms with Crippen LogP contribution in [0.25, 0.3) is 11.0 Å². The number of amides is 2. The lowest BCUT2D eigenvalue weighted by Gasteiger charge is -2.24. The van der Waals surface area contributed by atoms with E-state index in [9.17, 15) is 9.59 Å². The third-order valence-corrected chi connectivity index (χ3v) is 6.30. The molecule has 4 aromatic rings. The molecule has 1 aromatic carbocycles. The Balaban J connectivity index is 1.34. The van der Waals surface area contributed by atoms with Gasteiger partial charge in [0.05, 0.1) is 29.0 Å². The summed E-state index contributed by atoms with van der Waals surface area (Å²) >= 11 is 2.49. The van der Waals surface area contributed by atoms with Crippen molar-refractivity contribution in [2.45, 2.75) is 18.9 Å². The molecule has 2 amide bonds. The van der Waals surface area contributed by atoms with Crippen molar-refractivity contribution in [3.8, 4) is 0 Å². The minimum absolute atomic E-state index is 0.0419. The van der Waals surface area contributed by atoms with Crippen molar-refractivity contribution in [2.24, 2.45) is 0 Å². The molecule has 1 aliphatic rings. The summed E-state index contributed by atoms with van der Waals surface area (Å²) in [5, 5.41) is 5.08. The van der Waals surface area contributed by atoms with E-state index >= 15 is 0 Å². The van der Waals surface area contributed by atoms with Crippen LogP contribution >= 0.6 is 23.1 Å². The average molecular weight is 437 g/mol. The zero-order chi connectivity index (χ0) is 20.5. The topological polar surface area (TPSA) is 101 Å². The quantitative estimate of drug-likeness (QED) is 0.523. The predicted octanol–water partition coefficient (Wildman–Crippen LogP) is 3.77. The number of nitrogens with zero attached hydrogens (tertiary/aromatic N) is 5. The summed E-state index contributed by atoms with van der Waals surface area (Å²) in [7, 11) is 0. The Labute approximate surface area is 179 Å². The van der Waals surface area contributed by atoms with Crippen LogP contribution < -0.4 is 5.32 Å². The molecule has 1 aliphatic heterocycles. The minimum atomic E-state index is -0.256. The van der Waals surface area contributed by atoms with E-state index in [0.717, 1.165) is 41.3 Å². The van der Waals surface area contributed by atoms with Gasteiger partial charge in [-0.05, 0) is 43.2 Å². The number of carbonyl (C=O) groups excluding carboxylic acids is 2. The number of thiazole rings is 1. The van der Waals surface area contributed by atoms with Gasteiger partial charge >= 0.3 is 0 Å². The zero-order valence-corrected chi connectivity index (χ0v) is 17.3. The van der Waals surface area contributed by atoms with Crippen molar-refractivity contribution in [1.29, 1.82) is 0 Å². The van der Waals surface area contributed by atoms with Crippen LogP contribution in [-0.4, -0.2) is 42.0 Å². The van der Waals surface area contributed by atoms with Gasteiger partial charge in [-0.25, -0.2) is 4.98 Å². The third-order valence-electron chi connectivity index (χ3n) is 5.06. The van der Waals surface area contributed by atoms with Crippen molar-refractivity contribution in [3.05, 3.63) is 64.9 Å². The van der Waals surface area contributed by atoms with Gasteiger partial charge in [0.1, 0.15) is 11.0 Å². The highest BCUT2D eigenvalue weighted by molar-refractivity contribution is 7.13. The summed E-state index contributed by atoms with van der Waals surface area (Å²) in [5.41, 5.74) is 3.36. The van der Waals surface area contributed by atoms with E-state index in [0.29, 0.717) is 22.8 Å². The highest BCUT2D eigenvalue weighted by atomic mass is 32.1. The molecule has 1 fully saturated rings. The second-order valence-electron chi connectivity index (χ2n) is 6.89. The van der Waals surface area contributed by atoms with E-state index in [1.54, 1.807) is 36.0 Å². The first kappa shape index (κ1) is 18.8. The van der Waals surface area contributed by atoms with Crippen LogP contribution in [0.1, 0.15) is 45.3 Å². The molecule has 1 unspecified atom stereocenters. The maximum Gasteiger partial charge on any atom is 0.259 e. The fourth-order valence-corrected chi connectivity index (χ4v) is 4.63. The SMILES string of the molecule is O=C(Nc1nccs1)c1ccc(C2CCCN2C(=O)c2ccc3nsnc3c2)nc1. The second kappa shape index (κ2) is 7.88. The molecule has 4 heterocycles. The Morgan fingerprint density at radius 1 is 1.07 bits per heavy atom. The van der Waals surface area contributed by atoms with E-state index in [2.05, 4.69) is 24.0 Å². The molecule has 0 aliphatic carbocycles. The van der Waals surface area contributed by atoms with Crippen molar-refractivity contribution in [1.82, 2.24) is 23.6 Å². The largest absolute Gasteiger partial charge is 0.330 e. The number of pyridine rings is 1. The van der Waals surface area contributed by atoms with Gasteiger partial charge in [0.25, 0.3) is 11.8 Å². The fourth-order valence-electron chi connectivity index (χ4n) is 3.59. The highest BCUT2D eigenvalue weighted by Crippen LogP contribution is 2.32. The van der Waals surface area contributed by atoms with Crippen LogP contribution in [0, 0.1) is 0 Å². The molecule has 0 spiro atoms. The number of nitrogens with one attached hydrogen (secondary N) is 1. The number of benzene rings is 1. The zero-order valence-electron chi connectivity index (χ0n) is 15.7. The molecule has 3 aromatic heterocycles. The van der Waals surface area contributed by atoms with Crippen LogP contribution in [-0.2, 0) is 0 Å². The van der Waals surface area contributed by atoms with Gasteiger partial charge in [-0.3, -0.25) is 19.9 Å². The maximum absolute atomic E-state index is 13.1.